The fourth-order valence-electron chi connectivity index (χ4n) is 8.78. The zero-order valence-electron chi connectivity index (χ0n) is 27.8. The summed E-state index contributed by atoms with van der Waals surface area (Å²) in [7, 11) is 0. The minimum Gasteiger partial charge on any atom is -0.310 e. The Morgan fingerprint density at radius 1 is 0.451 bits per heavy atom. The molecule has 0 saturated carbocycles. The summed E-state index contributed by atoms with van der Waals surface area (Å²) >= 11 is 2.01. The molecule has 0 fully saturated rings. The van der Waals surface area contributed by atoms with E-state index in [9.17, 15) is 0 Å². The lowest BCUT2D eigenvalue weighted by molar-refractivity contribution is 0.887. The number of para-hydroxylation sites is 3. The van der Waals surface area contributed by atoms with Crippen molar-refractivity contribution in [1.29, 1.82) is 0 Å². The van der Waals surface area contributed by atoms with Crippen LogP contribution in [0.4, 0.5) is 0 Å². The molecule has 2 atom stereocenters. The van der Waals surface area contributed by atoms with Gasteiger partial charge in [-0.3, -0.25) is 0 Å². The average molecular weight is 669 g/mol. The molecule has 1 aliphatic heterocycles. The van der Waals surface area contributed by atoms with Crippen LogP contribution in [0, 0.1) is 0 Å². The third-order valence-electron chi connectivity index (χ3n) is 10.9. The van der Waals surface area contributed by atoms with Crippen molar-refractivity contribution >= 4 is 66.6 Å². The van der Waals surface area contributed by atoms with Gasteiger partial charge in [0.05, 0.1) is 22.1 Å². The summed E-state index contributed by atoms with van der Waals surface area (Å²) in [5, 5.41) is 5.45. The normalized spacial score (nSPS) is 16.8. The van der Waals surface area contributed by atoms with Crippen LogP contribution in [0.25, 0.3) is 71.7 Å². The number of benzene rings is 7. The molecular weight excluding hydrogens is 637 g/mol. The molecule has 2 unspecified atom stereocenters. The molecular formula is C48H32N2S. The van der Waals surface area contributed by atoms with Gasteiger partial charge in [0.15, 0.2) is 0 Å². The first kappa shape index (κ1) is 28.8. The Morgan fingerprint density at radius 2 is 1.00 bits per heavy atom. The van der Waals surface area contributed by atoms with Gasteiger partial charge in [-0.15, -0.1) is 11.8 Å². The van der Waals surface area contributed by atoms with Gasteiger partial charge in [-0.2, -0.15) is 0 Å². The van der Waals surface area contributed by atoms with Crippen molar-refractivity contribution in [3.05, 3.63) is 193 Å². The summed E-state index contributed by atoms with van der Waals surface area (Å²) in [6.07, 6.45) is 4.99. The van der Waals surface area contributed by atoms with Gasteiger partial charge in [0.25, 0.3) is 0 Å². The topological polar surface area (TPSA) is 9.86 Å². The van der Waals surface area contributed by atoms with E-state index in [2.05, 4.69) is 191 Å². The quantitative estimate of drug-likeness (QED) is 0.181. The molecule has 0 spiro atoms. The van der Waals surface area contributed by atoms with Crippen molar-refractivity contribution in [2.24, 2.45) is 0 Å². The molecule has 11 rings (SSSR count). The van der Waals surface area contributed by atoms with E-state index in [1.54, 1.807) is 0 Å². The van der Waals surface area contributed by atoms with E-state index in [1.807, 2.05) is 11.8 Å². The lowest BCUT2D eigenvalue weighted by Gasteiger charge is -2.27. The molecule has 240 valence electrons. The van der Waals surface area contributed by atoms with Crippen molar-refractivity contribution in [3.8, 4) is 16.8 Å². The van der Waals surface area contributed by atoms with Crippen molar-refractivity contribution < 1.29 is 0 Å². The smallest absolute Gasteiger partial charge is 0.0547 e. The molecule has 1 aliphatic carbocycles. The van der Waals surface area contributed by atoms with Gasteiger partial charge in [0, 0.05) is 49.0 Å². The maximum absolute atomic E-state index is 2.53. The number of aromatic nitrogens is 2. The fourth-order valence-corrected chi connectivity index (χ4v) is 10.3. The number of thioether (sulfide) groups is 1. The van der Waals surface area contributed by atoms with E-state index in [0.717, 1.165) is 0 Å². The molecule has 9 aromatic rings. The van der Waals surface area contributed by atoms with Crippen LogP contribution in [0.3, 0.4) is 0 Å². The predicted octanol–water partition coefficient (Wildman–Crippen LogP) is 12.8. The molecule has 2 aliphatic rings. The molecule has 2 nitrogen and oxygen atoms in total. The van der Waals surface area contributed by atoms with E-state index >= 15 is 0 Å². The van der Waals surface area contributed by atoms with Crippen molar-refractivity contribution in [3.63, 3.8) is 0 Å². The first-order valence-corrected chi connectivity index (χ1v) is 18.6. The first-order valence-electron chi connectivity index (χ1n) is 17.7. The number of fused-ring (bicyclic) bond motifs is 9. The lowest BCUT2D eigenvalue weighted by Crippen LogP contribution is -2.16. The Labute approximate surface area is 300 Å². The standard InChI is InChI=1S/C48H32N2S/c1-3-15-31(16-4-1)39-29-33(30-40-34-19-9-12-28-45(34)51-48(39)40)50-42-25-11-8-21-38(42)47-36(23-14-27-44(47)50)35-22-13-26-43-46(35)37-20-7-10-24-41(37)49(43)32-17-5-2-6-18-32/h1-30,40,48H. The maximum Gasteiger partial charge on any atom is 0.0547 e. The van der Waals surface area contributed by atoms with Crippen LogP contribution >= 0.6 is 11.8 Å². The van der Waals surface area contributed by atoms with Crippen molar-refractivity contribution in [1.82, 2.24) is 9.13 Å². The van der Waals surface area contributed by atoms with Gasteiger partial charge in [-0.1, -0.05) is 133 Å². The summed E-state index contributed by atoms with van der Waals surface area (Å²) in [4.78, 5) is 1.39. The Hall–Kier alpha value is -6.03. The minimum atomic E-state index is 0.290. The Morgan fingerprint density at radius 3 is 1.71 bits per heavy atom. The zero-order chi connectivity index (χ0) is 33.5. The SMILES string of the molecule is C1=C(c2ccccc2)C2Sc3ccccc3C2C=C1n1c2ccccc2c2c(-c3cccc4c3c3ccccc3n4-c3ccccc3)cccc21. The molecule has 7 aromatic carbocycles. The highest BCUT2D eigenvalue weighted by Gasteiger charge is 2.38. The maximum atomic E-state index is 2.53. The molecule has 51 heavy (non-hydrogen) atoms. The second-order valence-corrected chi connectivity index (χ2v) is 14.8. The molecule has 2 aromatic heterocycles. The summed E-state index contributed by atoms with van der Waals surface area (Å²) in [5.41, 5.74) is 13.9. The number of allylic oxidation sites excluding steroid dienone is 3. The number of hydrogen-bond donors (Lipinski definition) is 0. The van der Waals surface area contributed by atoms with Crippen molar-refractivity contribution in [2.45, 2.75) is 16.1 Å². The number of nitrogens with zero attached hydrogens (tertiary/aromatic N) is 2. The van der Waals surface area contributed by atoms with E-state index < -0.39 is 0 Å². The lowest BCUT2D eigenvalue weighted by atomic mass is 9.84. The molecule has 0 amide bonds. The highest BCUT2D eigenvalue weighted by Crippen LogP contribution is 2.55. The molecule has 3 heterocycles. The van der Waals surface area contributed by atoms with Gasteiger partial charge < -0.3 is 9.13 Å². The van der Waals surface area contributed by atoms with Crippen LogP contribution in [-0.2, 0) is 0 Å². The van der Waals surface area contributed by atoms with Crippen LogP contribution in [0.2, 0.25) is 0 Å². The Bertz CT molecular complexity index is 2890. The van der Waals surface area contributed by atoms with E-state index in [1.165, 1.54) is 87.7 Å². The summed E-state index contributed by atoms with van der Waals surface area (Å²) < 4.78 is 4.93. The summed E-state index contributed by atoms with van der Waals surface area (Å²) in [6.45, 7) is 0. The zero-order valence-corrected chi connectivity index (χ0v) is 28.6. The van der Waals surface area contributed by atoms with E-state index in [4.69, 9.17) is 0 Å². The Kier molecular flexibility index (Phi) is 6.34. The van der Waals surface area contributed by atoms with Crippen LogP contribution in [0.15, 0.2) is 187 Å². The average Bonchev–Trinajstić information content (AvgIpc) is 3.86. The second kappa shape index (κ2) is 11.2. The van der Waals surface area contributed by atoms with E-state index in [0.29, 0.717) is 11.2 Å². The first-order chi connectivity index (χ1) is 25.3. The van der Waals surface area contributed by atoms with Crippen LogP contribution in [0.1, 0.15) is 17.0 Å². The van der Waals surface area contributed by atoms with Crippen LogP contribution in [0.5, 0.6) is 0 Å². The largest absolute Gasteiger partial charge is 0.310 e. The molecule has 0 N–H and O–H groups in total. The molecule has 3 heteroatoms. The minimum absolute atomic E-state index is 0.290. The highest BCUT2D eigenvalue weighted by molar-refractivity contribution is 8.00. The summed E-state index contributed by atoms with van der Waals surface area (Å²) in [6, 6.07) is 62.2. The van der Waals surface area contributed by atoms with Gasteiger partial charge in [-0.25, -0.2) is 0 Å². The van der Waals surface area contributed by atoms with Gasteiger partial charge >= 0.3 is 0 Å². The van der Waals surface area contributed by atoms with Gasteiger partial charge in [0.1, 0.15) is 0 Å². The third-order valence-corrected chi connectivity index (χ3v) is 12.3. The summed E-state index contributed by atoms with van der Waals surface area (Å²) in [5.74, 6) is 0.290. The number of hydrogen-bond acceptors (Lipinski definition) is 1. The van der Waals surface area contributed by atoms with Crippen LogP contribution in [-0.4, -0.2) is 14.4 Å². The molecule has 0 bridgehead atoms. The van der Waals surface area contributed by atoms with Gasteiger partial charge in [0.2, 0.25) is 0 Å². The Balaban J connectivity index is 1.20. The third kappa shape index (κ3) is 4.25. The van der Waals surface area contributed by atoms with Crippen LogP contribution < -0.4 is 0 Å². The second-order valence-electron chi connectivity index (χ2n) is 13.6. The molecule has 0 saturated heterocycles. The van der Waals surface area contributed by atoms with Crippen molar-refractivity contribution in [2.75, 3.05) is 0 Å². The fraction of sp³-hybridized carbons (Fsp3) is 0.0417. The monoisotopic (exact) mass is 668 g/mol. The van der Waals surface area contributed by atoms with Gasteiger partial charge in [-0.05, 0) is 76.4 Å². The predicted molar refractivity (Wildman–Crippen MR) is 217 cm³/mol. The highest BCUT2D eigenvalue weighted by atomic mass is 32.2. The van der Waals surface area contributed by atoms with E-state index in [-0.39, 0.29) is 0 Å². The number of rotatable bonds is 4. The molecule has 0 radical (unpaired) electrons.